The number of carbonyl (C=O) groups is 1. The molecule has 5 rings (SSSR count). The first kappa shape index (κ1) is 28.7. The molecule has 1 fully saturated rings. The minimum absolute atomic E-state index is 0.0130. The first-order valence-corrected chi connectivity index (χ1v) is 15.1. The minimum atomic E-state index is -4.10. The largest absolute Gasteiger partial charge is 0.466 e. The third kappa shape index (κ3) is 5.70. The van der Waals surface area contributed by atoms with E-state index in [1.165, 1.54) is 24.4 Å². The van der Waals surface area contributed by atoms with Gasteiger partial charge in [0, 0.05) is 23.2 Å². The summed E-state index contributed by atoms with van der Waals surface area (Å²) in [6.07, 6.45) is 6.14. The Morgan fingerprint density at radius 3 is 2.63 bits per heavy atom. The van der Waals surface area contributed by atoms with Crippen LogP contribution in [-0.4, -0.2) is 42.2 Å². The zero-order valence-corrected chi connectivity index (χ0v) is 24.0. The lowest BCUT2D eigenvalue weighted by atomic mass is 9.79. The van der Waals surface area contributed by atoms with Gasteiger partial charge in [0.2, 0.25) is 0 Å². The lowest BCUT2D eigenvalue weighted by Gasteiger charge is -2.36. The second-order valence-corrected chi connectivity index (χ2v) is 12.7. The number of nitrogens with zero attached hydrogens (tertiary/aromatic N) is 3. The summed E-state index contributed by atoms with van der Waals surface area (Å²) in [5, 5.41) is 6.41. The number of allylic oxidation sites excluding steroid dienone is 1. The van der Waals surface area contributed by atoms with Crippen LogP contribution in [0.2, 0.25) is 0 Å². The van der Waals surface area contributed by atoms with Gasteiger partial charge < -0.3 is 15.4 Å². The van der Waals surface area contributed by atoms with Crippen LogP contribution in [0, 0.1) is 18.2 Å². The number of hydrogen-bond acceptors (Lipinski definition) is 8. The lowest BCUT2D eigenvalue weighted by Crippen LogP contribution is -2.47. The molecule has 1 aliphatic carbocycles. The first-order valence-electron chi connectivity index (χ1n) is 13.6. The number of carbonyl (C=O) groups excluding carboxylic acids is 1. The van der Waals surface area contributed by atoms with Crippen LogP contribution in [0.5, 0.6) is 0 Å². The van der Waals surface area contributed by atoms with E-state index in [1.54, 1.807) is 19.1 Å². The van der Waals surface area contributed by atoms with Crippen LogP contribution in [0.1, 0.15) is 63.2 Å². The van der Waals surface area contributed by atoms with Crippen molar-refractivity contribution < 1.29 is 26.7 Å². The van der Waals surface area contributed by atoms with E-state index in [9.17, 15) is 17.6 Å². The maximum Gasteiger partial charge on any atom is 0.307 e. The monoisotopic (exact) mass is 585 g/mol. The van der Waals surface area contributed by atoms with Crippen LogP contribution < -0.4 is 10.6 Å². The van der Waals surface area contributed by atoms with Gasteiger partial charge in [-0.2, -0.15) is 0 Å². The second kappa shape index (κ2) is 11.2. The Labute approximate surface area is 237 Å². The van der Waals surface area contributed by atoms with Crippen LogP contribution in [0.25, 0.3) is 11.0 Å². The molecule has 2 N–H and O–H groups in total. The third-order valence-corrected chi connectivity index (χ3v) is 9.58. The number of pyridine rings is 1. The van der Waals surface area contributed by atoms with Crippen molar-refractivity contribution in [3.63, 3.8) is 0 Å². The molecule has 41 heavy (non-hydrogen) atoms. The van der Waals surface area contributed by atoms with Crippen molar-refractivity contribution in [1.29, 1.82) is 0 Å². The number of rotatable bonds is 9. The number of aryl methyl sites for hydroxylation is 1. The number of nitrogens with one attached hydrogen (secondary N) is 2. The molecule has 2 atom stereocenters. The van der Waals surface area contributed by atoms with E-state index < -0.39 is 33.9 Å². The van der Waals surface area contributed by atoms with Crippen LogP contribution in [0.4, 0.5) is 8.78 Å². The zero-order valence-electron chi connectivity index (χ0n) is 23.2. The molecule has 9 nitrogen and oxygen atoms in total. The fraction of sp³-hybridized carbons (Fsp3) is 0.414. The molecule has 1 aromatic carbocycles. The lowest BCUT2D eigenvalue weighted by molar-refractivity contribution is -0.144. The summed E-state index contributed by atoms with van der Waals surface area (Å²) in [5.41, 5.74) is 0.934. The summed E-state index contributed by atoms with van der Waals surface area (Å²) in [5.74, 6) is -1.70. The Kier molecular flexibility index (Phi) is 7.87. The minimum Gasteiger partial charge on any atom is -0.466 e. The molecular formula is C29H33F2N5O4S. The molecule has 3 heterocycles. The molecule has 2 aromatic heterocycles. The van der Waals surface area contributed by atoms with Crippen molar-refractivity contribution in [2.45, 2.75) is 70.0 Å². The van der Waals surface area contributed by atoms with E-state index in [2.05, 4.69) is 27.5 Å². The van der Waals surface area contributed by atoms with Gasteiger partial charge in [-0.3, -0.25) is 9.79 Å². The summed E-state index contributed by atoms with van der Waals surface area (Å²) in [7, 11) is -4.10. The van der Waals surface area contributed by atoms with E-state index in [0.29, 0.717) is 5.56 Å². The van der Waals surface area contributed by atoms with Gasteiger partial charge in [-0.25, -0.2) is 26.2 Å². The number of esters is 1. The van der Waals surface area contributed by atoms with E-state index in [4.69, 9.17) is 4.74 Å². The van der Waals surface area contributed by atoms with Gasteiger partial charge in [-0.1, -0.05) is 37.5 Å². The molecule has 218 valence electrons. The molecular weight excluding hydrogens is 552 g/mol. The molecule has 3 aromatic rings. The number of aromatic nitrogens is 2. The molecule has 1 aliphatic heterocycles. The Hall–Kier alpha value is -3.80. The normalized spacial score (nSPS) is 19.3. The van der Waals surface area contributed by atoms with Crippen LogP contribution in [-0.2, 0) is 19.6 Å². The predicted octanol–water partition coefficient (Wildman–Crippen LogP) is 5.02. The van der Waals surface area contributed by atoms with Crippen LogP contribution in [0.15, 0.2) is 64.3 Å². The Balaban J connectivity index is 1.50. The number of halogens is 2. The maximum atomic E-state index is 15.1. The van der Waals surface area contributed by atoms with E-state index in [0.717, 1.165) is 47.6 Å². The highest BCUT2D eigenvalue weighted by atomic mass is 32.2. The topological polar surface area (TPSA) is 115 Å². The van der Waals surface area contributed by atoms with Crippen LogP contribution in [0.3, 0.4) is 0 Å². The van der Waals surface area contributed by atoms with Crippen molar-refractivity contribution in [2.75, 3.05) is 6.61 Å². The summed E-state index contributed by atoms with van der Waals surface area (Å²) in [6, 6.07) is 7.10. The Morgan fingerprint density at radius 1 is 1.24 bits per heavy atom. The molecule has 1 saturated carbocycles. The second-order valence-electron chi connectivity index (χ2n) is 10.8. The molecule has 0 radical (unpaired) electrons. The molecule has 0 spiro atoms. The Bertz CT molecular complexity index is 1630. The number of benzene rings is 1. The highest BCUT2D eigenvalue weighted by Gasteiger charge is 2.40. The molecule has 0 saturated heterocycles. The Morgan fingerprint density at radius 2 is 1.95 bits per heavy atom. The van der Waals surface area contributed by atoms with Gasteiger partial charge >= 0.3 is 5.97 Å². The maximum absolute atomic E-state index is 15.1. The van der Waals surface area contributed by atoms with Crippen molar-refractivity contribution in [1.82, 2.24) is 19.6 Å². The standard InChI is InChI=1S/C29H33F2N5O4S/c1-4-40-25(37)14-24(29(3)11-5-6-12-29)34-27-23(31)16-32-26(35-27)22-17-36(28-21(22)13-19(30)15-33-28)41(38,39)20-9-7-18(2)8-10-20/h7-10,13,15-17,24,26,34-35H,4-6,11-12,14H2,1-3H3. The predicted molar refractivity (Wildman–Crippen MR) is 151 cm³/mol. The third-order valence-electron chi connectivity index (χ3n) is 7.92. The number of ether oxygens (including phenoxy) is 1. The quantitative estimate of drug-likeness (QED) is 0.339. The smallest absolute Gasteiger partial charge is 0.307 e. The molecule has 2 unspecified atom stereocenters. The molecule has 2 aliphatic rings. The molecule has 12 heteroatoms. The van der Waals surface area contributed by atoms with E-state index >= 15 is 4.39 Å². The van der Waals surface area contributed by atoms with Gasteiger partial charge in [-0.15, -0.1) is 0 Å². The van der Waals surface area contributed by atoms with Crippen molar-refractivity contribution in [3.05, 3.63) is 71.3 Å². The van der Waals surface area contributed by atoms with Crippen molar-refractivity contribution in [3.8, 4) is 0 Å². The van der Waals surface area contributed by atoms with Crippen molar-refractivity contribution in [2.24, 2.45) is 10.4 Å². The van der Waals surface area contributed by atoms with E-state index in [1.807, 2.05) is 6.92 Å². The summed E-state index contributed by atoms with van der Waals surface area (Å²) in [6.45, 7) is 5.89. The van der Waals surface area contributed by atoms with Gasteiger partial charge in [0.05, 0.1) is 30.3 Å². The van der Waals surface area contributed by atoms with Crippen molar-refractivity contribution >= 4 is 33.2 Å². The van der Waals surface area contributed by atoms with E-state index in [-0.39, 0.29) is 46.2 Å². The fourth-order valence-corrected chi connectivity index (χ4v) is 6.91. The van der Waals surface area contributed by atoms with Gasteiger partial charge in [0.25, 0.3) is 10.0 Å². The SMILES string of the molecule is CCOC(=O)CC(NC1=C(F)C=NC(c2cn(S(=O)(=O)c3ccc(C)cc3)c3ncc(F)cc23)N1)C1(C)CCCC1. The number of aliphatic imine (C=N–C) groups is 1. The molecule has 0 bridgehead atoms. The van der Waals surface area contributed by atoms with Gasteiger partial charge in [0.15, 0.2) is 11.5 Å². The molecule has 0 amide bonds. The number of hydrogen-bond donors (Lipinski definition) is 2. The van der Waals surface area contributed by atoms with Gasteiger partial charge in [0.1, 0.15) is 17.8 Å². The first-order chi connectivity index (χ1) is 19.5. The highest BCUT2D eigenvalue weighted by Crippen LogP contribution is 2.42. The summed E-state index contributed by atoms with van der Waals surface area (Å²) >= 11 is 0. The zero-order chi connectivity index (χ0) is 29.4. The summed E-state index contributed by atoms with van der Waals surface area (Å²) in [4.78, 5) is 20.8. The average molecular weight is 586 g/mol. The fourth-order valence-electron chi connectivity index (χ4n) is 5.58. The van der Waals surface area contributed by atoms with Crippen LogP contribution >= 0.6 is 0 Å². The summed E-state index contributed by atoms with van der Waals surface area (Å²) < 4.78 is 62.8. The number of fused-ring (bicyclic) bond motifs is 1. The highest BCUT2D eigenvalue weighted by molar-refractivity contribution is 7.90. The van der Waals surface area contributed by atoms with Gasteiger partial charge in [-0.05, 0) is 50.3 Å². The average Bonchev–Trinajstić information content (AvgIpc) is 3.55.